The van der Waals surface area contributed by atoms with Gasteiger partial charge in [0.15, 0.2) is 0 Å². The highest BCUT2D eigenvalue weighted by Crippen LogP contribution is 2.30. The van der Waals surface area contributed by atoms with Crippen LogP contribution in [0.3, 0.4) is 0 Å². The van der Waals surface area contributed by atoms with Gasteiger partial charge in [-0.05, 0) is 37.4 Å². The highest BCUT2D eigenvalue weighted by Gasteiger charge is 2.22. The standard InChI is InChI=1S/C17H27FN2/c1-3-12-19-13-14-8-7-11-16(18)17(14)20(2)15-9-5-4-6-10-15/h7-8,11,15,19H,3-6,9-10,12-13H2,1-2H3. The zero-order chi connectivity index (χ0) is 14.4. The van der Waals surface area contributed by atoms with Crippen molar-refractivity contribution in [1.82, 2.24) is 5.32 Å². The van der Waals surface area contributed by atoms with E-state index < -0.39 is 0 Å². The second-order valence-electron chi connectivity index (χ2n) is 5.83. The molecule has 0 unspecified atom stereocenters. The Kier molecular flexibility index (Phi) is 5.84. The zero-order valence-electron chi connectivity index (χ0n) is 12.8. The first-order chi connectivity index (χ1) is 9.74. The molecule has 1 saturated carbocycles. The summed E-state index contributed by atoms with van der Waals surface area (Å²) in [4.78, 5) is 2.18. The predicted octanol–water partition coefficient (Wildman–Crippen LogP) is 4.09. The molecule has 2 rings (SSSR count). The summed E-state index contributed by atoms with van der Waals surface area (Å²) >= 11 is 0. The monoisotopic (exact) mass is 278 g/mol. The molecule has 20 heavy (non-hydrogen) atoms. The lowest BCUT2D eigenvalue weighted by atomic mass is 9.93. The molecule has 1 N–H and O–H groups in total. The quantitative estimate of drug-likeness (QED) is 0.788. The SMILES string of the molecule is CCCNCc1cccc(F)c1N(C)C1CCCCC1. The molecule has 0 amide bonds. The number of halogens is 1. The van der Waals surface area contributed by atoms with Gasteiger partial charge in [0.1, 0.15) is 5.82 Å². The average Bonchev–Trinajstić information content (AvgIpc) is 2.48. The van der Waals surface area contributed by atoms with Crippen molar-refractivity contribution in [2.75, 3.05) is 18.5 Å². The minimum atomic E-state index is -0.0890. The molecular formula is C17H27FN2. The van der Waals surface area contributed by atoms with Gasteiger partial charge < -0.3 is 10.2 Å². The Hall–Kier alpha value is -1.09. The molecule has 1 aliphatic carbocycles. The van der Waals surface area contributed by atoms with E-state index >= 15 is 0 Å². The molecule has 1 aliphatic rings. The molecule has 0 radical (unpaired) electrons. The van der Waals surface area contributed by atoms with Crippen molar-refractivity contribution in [3.63, 3.8) is 0 Å². The van der Waals surface area contributed by atoms with Crippen molar-refractivity contribution in [2.45, 2.75) is 58.0 Å². The molecule has 0 heterocycles. The molecule has 0 bridgehead atoms. The minimum Gasteiger partial charge on any atom is -0.369 e. The molecule has 0 aliphatic heterocycles. The molecule has 2 nitrogen and oxygen atoms in total. The minimum absolute atomic E-state index is 0.0890. The maximum absolute atomic E-state index is 14.3. The highest BCUT2D eigenvalue weighted by molar-refractivity contribution is 5.55. The van der Waals surface area contributed by atoms with Crippen LogP contribution in [0.15, 0.2) is 18.2 Å². The number of rotatable bonds is 6. The summed E-state index contributed by atoms with van der Waals surface area (Å²) in [6.45, 7) is 3.87. The zero-order valence-corrected chi connectivity index (χ0v) is 12.8. The van der Waals surface area contributed by atoms with Gasteiger partial charge >= 0.3 is 0 Å². The van der Waals surface area contributed by atoms with Crippen LogP contribution in [0.5, 0.6) is 0 Å². The van der Waals surface area contributed by atoms with Crippen LogP contribution in [0.2, 0.25) is 0 Å². The van der Waals surface area contributed by atoms with Gasteiger partial charge in [0.2, 0.25) is 0 Å². The second kappa shape index (κ2) is 7.63. The van der Waals surface area contributed by atoms with Crippen molar-refractivity contribution < 1.29 is 4.39 Å². The first-order valence-electron chi connectivity index (χ1n) is 7.95. The van der Waals surface area contributed by atoms with Crippen LogP contribution in [-0.4, -0.2) is 19.6 Å². The summed E-state index contributed by atoms with van der Waals surface area (Å²) in [5, 5.41) is 3.38. The Morgan fingerprint density at radius 3 is 2.70 bits per heavy atom. The van der Waals surface area contributed by atoms with Gasteiger partial charge in [-0.15, -0.1) is 0 Å². The number of anilines is 1. The molecule has 1 fully saturated rings. The van der Waals surface area contributed by atoms with Crippen LogP contribution < -0.4 is 10.2 Å². The molecule has 0 aromatic heterocycles. The first kappa shape index (κ1) is 15.3. The summed E-state index contributed by atoms with van der Waals surface area (Å²) in [5.41, 5.74) is 1.87. The van der Waals surface area contributed by atoms with Gasteiger partial charge in [-0.2, -0.15) is 0 Å². The molecule has 0 saturated heterocycles. The number of nitrogens with zero attached hydrogens (tertiary/aromatic N) is 1. The van der Waals surface area contributed by atoms with Gasteiger partial charge in [-0.1, -0.05) is 38.3 Å². The number of hydrogen-bond acceptors (Lipinski definition) is 2. The predicted molar refractivity (Wildman–Crippen MR) is 83.7 cm³/mol. The van der Waals surface area contributed by atoms with E-state index in [-0.39, 0.29) is 5.82 Å². The van der Waals surface area contributed by atoms with Gasteiger partial charge in [0.05, 0.1) is 5.69 Å². The van der Waals surface area contributed by atoms with Crippen LogP contribution in [-0.2, 0) is 6.54 Å². The molecule has 112 valence electrons. The lowest BCUT2D eigenvalue weighted by Gasteiger charge is -2.34. The van der Waals surface area contributed by atoms with Gasteiger partial charge in [0.25, 0.3) is 0 Å². The van der Waals surface area contributed by atoms with Crippen molar-refractivity contribution in [1.29, 1.82) is 0 Å². The summed E-state index contributed by atoms with van der Waals surface area (Å²) < 4.78 is 14.3. The summed E-state index contributed by atoms with van der Waals surface area (Å²) in [7, 11) is 2.05. The fourth-order valence-corrected chi connectivity index (χ4v) is 3.15. The third-order valence-electron chi connectivity index (χ3n) is 4.29. The maximum Gasteiger partial charge on any atom is 0.146 e. The number of benzene rings is 1. The van der Waals surface area contributed by atoms with Gasteiger partial charge in [-0.25, -0.2) is 4.39 Å². The third-order valence-corrected chi connectivity index (χ3v) is 4.29. The highest BCUT2D eigenvalue weighted by atomic mass is 19.1. The van der Waals surface area contributed by atoms with Crippen LogP contribution in [0.1, 0.15) is 51.0 Å². The van der Waals surface area contributed by atoms with Crippen molar-refractivity contribution in [3.8, 4) is 0 Å². The Balaban J connectivity index is 2.15. The fourth-order valence-electron chi connectivity index (χ4n) is 3.15. The fraction of sp³-hybridized carbons (Fsp3) is 0.647. The topological polar surface area (TPSA) is 15.3 Å². The summed E-state index contributed by atoms with van der Waals surface area (Å²) in [5.74, 6) is -0.0890. The van der Waals surface area contributed by atoms with Crippen LogP contribution in [0.25, 0.3) is 0 Å². The Bertz CT molecular complexity index is 413. The van der Waals surface area contributed by atoms with E-state index in [1.807, 2.05) is 12.1 Å². The van der Waals surface area contributed by atoms with Crippen molar-refractivity contribution in [3.05, 3.63) is 29.6 Å². The summed E-state index contributed by atoms with van der Waals surface area (Å²) in [6, 6.07) is 5.93. The van der Waals surface area contributed by atoms with Gasteiger partial charge in [0, 0.05) is 19.6 Å². The van der Waals surface area contributed by atoms with E-state index in [0.717, 1.165) is 30.8 Å². The van der Waals surface area contributed by atoms with E-state index in [1.165, 1.54) is 32.1 Å². The van der Waals surface area contributed by atoms with Crippen molar-refractivity contribution >= 4 is 5.69 Å². The lowest BCUT2D eigenvalue weighted by Crippen LogP contribution is -2.35. The first-order valence-corrected chi connectivity index (χ1v) is 7.95. The van der Waals surface area contributed by atoms with Crippen LogP contribution >= 0.6 is 0 Å². The van der Waals surface area contributed by atoms with E-state index in [1.54, 1.807) is 6.07 Å². The van der Waals surface area contributed by atoms with Crippen LogP contribution in [0.4, 0.5) is 10.1 Å². The Morgan fingerprint density at radius 1 is 1.25 bits per heavy atom. The number of para-hydroxylation sites is 1. The average molecular weight is 278 g/mol. The Morgan fingerprint density at radius 2 is 2.00 bits per heavy atom. The molecule has 1 aromatic rings. The molecular weight excluding hydrogens is 251 g/mol. The second-order valence-corrected chi connectivity index (χ2v) is 5.83. The number of nitrogens with one attached hydrogen (secondary N) is 1. The third kappa shape index (κ3) is 3.72. The molecule has 0 spiro atoms. The molecule has 1 aromatic carbocycles. The molecule has 0 atom stereocenters. The van der Waals surface area contributed by atoms with Crippen LogP contribution in [0, 0.1) is 5.82 Å². The maximum atomic E-state index is 14.3. The summed E-state index contributed by atoms with van der Waals surface area (Å²) in [6.07, 6.45) is 7.34. The number of hydrogen-bond donors (Lipinski definition) is 1. The van der Waals surface area contributed by atoms with E-state index in [2.05, 4.69) is 24.2 Å². The normalized spacial score (nSPS) is 16.4. The van der Waals surface area contributed by atoms with E-state index in [0.29, 0.717) is 6.04 Å². The van der Waals surface area contributed by atoms with Crippen molar-refractivity contribution in [2.24, 2.45) is 0 Å². The Labute approximate surface area is 122 Å². The smallest absolute Gasteiger partial charge is 0.146 e. The lowest BCUT2D eigenvalue weighted by molar-refractivity contribution is 0.423. The van der Waals surface area contributed by atoms with E-state index in [4.69, 9.17) is 0 Å². The van der Waals surface area contributed by atoms with E-state index in [9.17, 15) is 4.39 Å². The largest absolute Gasteiger partial charge is 0.369 e. The molecule has 3 heteroatoms. The van der Waals surface area contributed by atoms with Gasteiger partial charge in [-0.3, -0.25) is 0 Å².